The van der Waals surface area contributed by atoms with Crippen molar-refractivity contribution >= 4 is 21.7 Å². The molecule has 3 aromatic rings. The van der Waals surface area contributed by atoms with Gasteiger partial charge in [0.25, 0.3) is 10.0 Å². The summed E-state index contributed by atoms with van der Waals surface area (Å²) < 4.78 is 41.1. The van der Waals surface area contributed by atoms with Crippen molar-refractivity contribution in [2.75, 3.05) is 11.3 Å². The highest BCUT2D eigenvalue weighted by Crippen LogP contribution is 2.42. The largest absolute Gasteiger partial charge is 0.493 e. The highest BCUT2D eigenvalue weighted by atomic mass is 32.2. The molecular weight excluding hydrogens is 516 g/mol. The molecule has 1 aliphatic heterocycles. The molecule has 0 aromatic heterocycles. The zero-order valence-corrected chi connectivity index (χ0v) is 23.5. The zero-order valence-electron chi connectivity index (χ0n) is 22.7. The number of aryl methyl sites for hydroxylation is 2. The van der Waals surface area contributed by atoms with Gasteiger partial charge >= 0.3 is 5.97 Å². The molecule has 0 fully saturated rings. The summed E-state index contributed by atoms with van der Waals surface area (Å²) in [6.45, 7) is 9.48. The number of nitriles is 1. The molecule has 204 valence electrons. The van der Waals surface area contributed by atoms with E-state index in [1.54, 1.807) is 33.8 Å². The fraction of sp³-hybridized carbons (Fsp3) is 0.333. The van der Waals surface area contributed by atoms with E-state index in [1.165, 1.54) is 24.3 Å². The van der Waals surface area contributed by atoms with Crippen LogP contribution >= 0.6 is 0 Å². The molecule has 1 atom stereocenters. The zero-order chi connectivity index (χ0) is 28.5. The fourth-order valence-corrected chi connectivity index (χ4v) is 5.96. The molecule has 1 aliphatic rings. The Morgan fingerprint density at radius 3 is 2.56 bits per heavy atom. The van der Waals surface area contributed by atoms with Gasteiger partial charge in [0.05, 0.1) is 34.4 Å². The van der Waals surface area contributed by atoms with Crippen molar-refractivity contribution < 1.29 is 27.8 Å². The average Bonchev–Trinajstić information content (AvgIpc) is 2.88. The number of sulfonamides is 1. The monoisotopic (exact) mass is 548 g/mol. The van der Waals surface area contributed by atoms with Crippen LogP contribution in [0.2, 0.25) is 0 Å². The quantitative estimate of drug-likeness (QED) is 0.376. The van der Waals surface area contributed by atoms with Crippen molar-refractivity contribution in [2.24, 2.45) is 0 Å². The lowest BCUT2D eigenvalue weighted by Gasteiger charge is -2.30. The van der Waals surface area contributed by atoms with Crippen LogP contribution in [0.15, 0.2) is 53.4 Å². The van der Waals surface area contributed by atoms with E-state index >= 15 is 0 Å². The van der Waals surface area contributed by atoms with Gasteiger partial charge in [-0.15, -0.1) is 0 Å². The number of fused-ring (bicyclic) bond motifs is 1. The average molecular weight is 549 g/mol. The lowest BCUT2D eigenvalue weighted by Crippen LogP contribution is -2.28. The van der Waals surface area contributed by atoms with Crippen molar-refractivity contribution in [3.8, 4) is 22.9 Å². The van der Waals surface area contributed by atoms with Crippen molar-refractivity contribution in [3.05, 3.63) is 76.3 Å². The molecule has 4 rings (SSSR count). The Labute approximate surface area is 229 Å². The maximum atomic E-state index is 13.3. The van der Waals surface area contributed by atoms with Crippen LogP contribution < -0.4 is 9.46 Å². The first kappa shape index (κ1) is 28.1. The number of carboxylic acid groups (broad SMARTS) is 1. The third kappa shape index (κ3) is 6.08. The van der Waals surface area contributed by atoms with Crippen molar-refractivity contribution in [2.45, 2.75) is 64.1 Å². The van der Waals surface area contributed by atoms with E-state index < -0.39 is 27.7 Å². The Morgan fingerprint density at radius 1 is 1.15 bits per heavy atom. The smallest absolute Gasteiger partial charge is 0.337 e. The number of benzene rings is 3. The van der Waals surface area contributed by atoms with Gasteiger partial charge in [0.15, 0.2) is 6.10 Å². The minimum atomic E-state index is -4.08. The number of ether oxygens (including phenoxy) is 2. The Bertz CT molecular complexity index is 1580. The van der Waals surface area contributed by atoms with Gasteiger partial charge in [0.2, 0.25) is 0 Å². The van der Waals surface area contributed by atoms with E-state index in [4.69, 9.17) is 9.47 Å². The number of hydrogen-bond donors (Lipinski definition) is 2. The summed E-state index contributed by atoms with van der Waals surface area (Å²) in [6.07, 6.45) is 0.370. The summed E-state index contributed by atoms with van der Waals surface area (Å²) in [6, 6.07) is 15.1. The number of carbonyl (C=O) groups is 1. The molecule has 1 heterocycles. The maximum Gasteiger partial charge on any atom is 0.337 e. The van der Waals surface area contributed by atoms with Crippen LogP contribution in [0.4, 0.5) is 5.69 Å². The third-order valence-corrected chi connectivity index (χ3v) is 7.87. The molecule has 9 heteroatoms. The summed E-state index contributed by atoms with van der Waals surface area (Å²) in [7, 11) is -4.08. The van der Waals surface area contributed by atoms with Crippen LogP contribution in [0.25, 0.3) is 11.1 Å². The molecule has 3 aromatic carbocycles. The van der Waals surface area contributed by atoms with Crippen LogP contribution in [-0.4, -0.2) is 31.7 Å². The molecule has 0 spiro atoms. The second kappa shape index (κ2) is 10.7. The number of nitrogens with zero attached hydrogens (tertiary/aromatic N) is 1. The number of nitrogens with one attached hydrogen (secondary N) is 1. The fourth-order valence-electron chi connectivity index (χ4n) is 4.80. The van der Waals surface area contributed by atoms with Gasteiger partial charge in [-0.2, -0.15) is 5.26 Å². The summed E-state index contributed by atoms with van der Waals surface area (Å²) in [5.74, 6) is -0.373. The molecule has 2 N–H and O–H groups in total. The Balaban J connectivity index is 1.93. The maximum absolute atomic E-state index is 13.3. The van der Waals surface area contributed by atoms with Gasteiger partial charge < -0.3 is 14.6 Å². The van der Waals surface area contributed by atoms with E-state index in [0.717, 1.165) is 29.7 Å². The Kier molecular flexibility index (Phi) is 7.73. The minimum absolute atomic E-state index is 0.0698. The van der Waals surface area contributed by atoms with Crippen LogP contribution in [0, 0.1) is 25.2 Å². The number of anilines is 1. The van der Waals surface area contributed by atoms with E-state index in [1.807, 2.05) is 31.2 Å². The molecule has 0 bridgehead atoms. The predicted octanol–water partition coefficient (Wildman–Crippen LogP) is 5.91. The lowest BCUT2D eigenvalue weighted by molar-refractivity contribution is -0.160. The number of carboxylic acids is 1. The SMILES string of the molecule is Cc1cc(NS(=O)(=O)c2cccc(C#N)c2)c(C)c(C(OC(C)(C)C)C(=O)O)c1-c1ccc2c(c1)CCCO2. The number of rotatable bonds is 7. The highest BCUT2D eigenvalue weighted by molar-refractivity contribution is 7.92. The van der Waals surface area contributed by atoms with Gasteiger partial charge in [0.1, 0.15) is 5.75 Å². The molecule has 0 amide bonds. The third-order valence-electron chi connectivity index (χ3n) is 6.51. The first-order valence-corrected chi connectivity index (χ1v) is 14.1. The van der Waals surface area contributed by atoms with Crippen LogP contribution in [0.5, 0.6) is 5.75 Å². The lowest BCUT2D eigenvalue weighted by atomic mass is 9.86. The summed E-state index contributed by atoms with van der Waals surface area (Å²) >= 11 is 0. The molecule has 39 heavy (non-hydrogen) atoms. The molecule has 0 aliphatic carbocycles. The summed E-state index contributed by atoms with van der Waals surface area (Å²) in [4.78, 5) is 12.6. The van der Waals surface area contributed by atoms with Gasteiger partial charge in [-0.05, 0) is 112 Å². The number of aliphatic carboxylic acids is 1. The van der Waals surface area contributed by atoms with Crippen LogP contribution in [-0.2, 0) is 26.0 Å². The van der Waals surface area contributed by atoms with Gasteiger partial charge in [-0.25, -0.2) is 13.2 Å². The number of hydrogen-bond acceptors (Lipinski definition) is 6. The standard InChI is InChI=1S/C30H32N2O6S/c1-18-14-24(32-39(35,36)23-10-6-8-20(15-23)17-31)19(2)27(28(29(33)34)38-30(3,4)5)26(18)22-11-12-25-21(16-22)9-7-13-37-25/h6,8,10-12,14-16,28,32H,7,9,13H2,1-5H3,(H,33,34). The first-order chi connectivity index (χ1) is 18.3. The second-order valence-electron chi connectivity index (χ2n) is 10.6. The molecule has 0 saturated heterocycles. The summed E-state index contributed by atoms with van der Waals surface area (Å²) in [5, 5.41) is 19.5. The Hall–Kier alpha value is -3.87. The van der Waals surface area contributed by atoms with E-state index in [2.05, 4.69) is 4.72 Å². The highest BCUT2D eigenvalue weighted by Gasteiger charge is 2.33. The van der Waals surface area contributed by atoms with Crippen molar-refractivity contribution in [1.82, 2.24) is 0 Å². The van der Waals surface area contributed by atoms with E-state index in [0.29, 0.717) is 28.9 Å². The molecule has 0 saturated carbocycles. The normalized spacial score (nSPS) is 14.1. The topological polar surface area (TPSA) is 126 Å². The van der Waals surface area contributed by atoms with Crippen LogP contribution in [0.1, 0.15) is 61.1 Å². The van der Waals surface area contributed by atoms with Gasteiger partial charge in [0, 0.05) is 5.56 Å². The first-order valence-electron chi connectivity index (χ1n) is 12.6. The Morgan fingerprint density at radius 2 is 1.90 bits per heavy atom. The second-order valence-corrected chi connectivity index (χ2v) is 12.3. The summed E-state index contributed by atoms with van der Waals surface area (Å²) in [5.41, 5.74) is 3.64. The molecular formula is C30H32N2O6S. The van der Waals surface area contributed by atoms with E-state index in [9.17, 15) is 23.6 Å². The van der Waals surface area contributed by atoms with Crippen LogP contribution in [0.3, 0.4) is 0 Å². The van der Waals surface area contributed by atoms with Gasteiger partial charge in [-0.3, -0.25) is 4.72 Å². The predicted molar refractivity (Wildman–Crippen MR) is 148 cm³/mol. The minimum Gasteiger partial charge on any atom is -0.493 e. The van der Waals surface area contributed by atoms with E-state index in [-0.39, 0.29) is 16.1 Å². The van der Waals surface area contributed by atoms with Gasteiger partial charge in [-0.1, -0.05) is 12.1 Å². The van der Waals surface area contributed by atoms with Crippen molar-refractivity contribution in [3.63, 3.8) is 0 Å². The molecule has 1 unspecified atom stereocenters. The molecule has 0 radical (unpaired) electrons. The van der Waals surface area contributed by atoms with Crippen molar-refractivity contribution in [1.29, 1.82) is 5.26 Å². The molecule has 8 nitrogen and oxygen atoms in total.